The van der Waals surface area contributed by atoms with Crippen LogP contribution in [0.3, 0.4) is 0 Å². The third-order valence-electron chi connectivity index (χ3n) is 12.7. The number of rotatable bonds is 1. The van der Waals surface area contributed by atoms with Crippen molar-refractivity contribution in [2.45, 2.75) is 131 Å². The van der Waals surface area contributed by atoms with Gasteiger partial charge in [0, 0.05) is 24.2 Å². The lowest BCUT2D eigenvalue weighted by Gasteiger charge is -2.68. The first kappa shape index (κ1) is 24.0. The largest absolute Gasteiger partial charge is 0.369 e. The predicted octanol–water partition coefficient (Wildman–Crippen LogP) is 7.16. The lowest BCUT2D eigenvalue weighted by atomic mass is 9.35. The van der Waals surface area contributed by atoms with E-state index in [4.69, 9.17) is 4.74 Å². The van der Waals surface area contributed by atoms with E-state index in [1.807, 2.05) is 0 Å². The second-order valence-corrected chi connectivity index (χ2v) is 15.0. The van der Waals surface area contributed by atoms with Gasteiger partial charge < -0.3 is 4.74 Å². The Morgan fingerprint density at radius 3 is 2.09 bits per heavy atom. The summed E-state index contributed by atoms with van der Waals surface area (Å²) in [6, 6.07) is 0. The highest BCUT2D eigenvalue weighted by Crippen LogP contribution is 2.75. The van der Waals surface area contributed by atoms with Crippen LogP contribution in [0.4, 0.5) is 0 Å². The molecule has 0 N–H and O–H groups in total. The number of carbonyl (C=O) groups is 2. The SMILES string of the molecule is CC1(C)CCC[C@](C)([C@H]2CC[C@]3(C)[C@@H]2C(=O)C[C@@H]2[C@@]4(C)CCC(=O)C(C)(C)[C@@H]4CC[C@]23C)O1. The van der Waals surface area contributed by atoms with Crippen LogP contribution in [0.2, 0.25) is 0 Å². The summed E-state index contributed by atoms with van der Waals surface area (Å²) < 4.78 is 6.81. The number of hydrogen-bond acceptors (Lipinski definition) is 3. The van der Waals surface area contributed by atoms with E-state index >= 15 is 0 Å². The van der Waals surface area contributed by atoms with Crippen LogP contribution in [-0.2, 0) is 14.3 Å². The normalized spacial score (nSPS) is 53.2. The summed E-state index contributed by atoms with van der Waals surface area (Å²) >= 11 is 0. The van der Waals surface area contributed by atoms with Gasteiger partial charge in [-0.3, -0.25) is 9.59 Å². The average molecular weight is 457 g/mol. The van der Waals surface area contributed by atoms with Crippen molar-refractivity contribution >= 4 is 11.6 Å². The molecule has 0 aromatic rings. The Hall–Kier alpha value is -0.700. The molecule has 0 aromatic carbocycles. The Kier molecular flexibility index (Phi) is 5.06. The van der Waals surface area contributed by atoms with Crippen molar-refractivity contribution in [2.24, 2.45) is 45.3 Å². The van der Waals surface area contributed by atoms with Gasteiger partial charge in [0.25, 0.3) is 0 Å². The highest BCUT2D eigenvalue weighted by Gasteiger charge is 2.71. The van der Waals surface area contributed by atoms with Gasteiger partial charge in [-0.2, -0.15) is 0 Å². The highest BCUT2D eigenvalue weighted by molar-refractivity contribution is 5.86. The molecule has 0 amide bonds. The number of Topliss-reactive ketones (excluding diaryl/α,β-unsaturated/α-hetero) is 2. The standard InChI is InChI=1S/C30H48O3/c1-25(2)13-9-14-30(8,33-25)19-10-16-29(7)24(19)20(31)18-22-27(5)15-12-23(32)26(3,4)21(27)11-17-28(22,29)6/h19,21-22,24H,9-18H2,1-8H3/t19-,21-,22+,24-,27-,28+,29+,30+/m0/s1. The molecule has 5 rings (SSSR count). The first-order chi connectivity index (χ1) is 15.1. The summed E-state index contributed by atoms with van der Waals surface area (Å²) in [4.78, 5) is 27.0. The van der Waals surface area contributed by atoms with Crippen molar-refractivity contribution in [3.8, 4) is 0 Å². The summed E-state index contributed by atoms with van der Waals surface area (Å²) in [7, 11) is 0. The van der Waals surface area contributed by atoms with Gasteiger partial charge in [0.05, 0.1) is 11.2 Å². The molecule has 0 unspecified atom stereocenters. The average Bonchev–Trinajstić information content (AvgIpc) is 3.07. The third-order valence-corrected chi connectivity index (χ3v) is 12.7. The lowest BCUT2D eigenvalue weighted by molar-refractivity contribution is -0.222. The summed E-state index contributed by atoms with van der Waals surface area (Å²) in [6.45, 7) is 18.6. The third kappa shape index (κ3) is 3.02. The summed E-state index contributed by atoms with van der Waals surface area (Å²) in [5, 5.41) is 0. The van der Waals surface area contributed by atoms with Crippen molar-refractivity contribution in [2.75, 3.05) is 0 Å². The van der Waals surface area contributed by atoms with Crippen LogP contribution in [0.5, 0.6) is 0 Å². The van der Waals surface area contributed by atoms with Crippen molar-refractivity contribution < 1.29 is 14.3 Å². The highest BCUT2D eigenvalue weighted by atomic mass is 16.5. The molecule has 1 saturated heterocycles. The molecule has 3 heteroatoms. The zero-order valence-corrected chi connectivity index (χ0v) is 22.6. The molecule has 5 fully saturated rings. The molecule has 0 spiro atoms. The van der Waals surface area contributed by atoms with Gasteiger partial charge in [-0.05, 0) is 106 Å². The van der Waals surface area contributed by atoms with Gasteiger partial charge >= 0.3 is 0 Å². The van der Waals surface area contributed by atoms with Crippen LogP contribution in [0.1, 0.15) is 120 Å². The van der Waals surface area contributed by atoms with E-state index in [1.54, 1.807) is 0 Å². The van der Waals surface area contributed by atoms with Gasteiger partial charge in [-0.1, -0.05) is 34.6 Å². The van der Waals surface area contributed by atoms with E-state index in [9.17, 15) is 9.59 Å². The molecule has 186 valence electrons. The zero-order valence-electron chi connectivity index (χ0n) is 22.6. The van der Waals surface area contributed by atoms with Crippen molar-refractivity contribution in [1.82, 2.24) is 0 Å². The Labute approximate surface area is 202 Å². The minimum absolute atomic E-state index is 0.0329. The van der Waals surface area contributed by atoms with E-state index in [-0.39, 0.29) is 38.8 Å². The Morgan fingerprint density at radius 2 is 1.42 bits per heavy atom. The Balaban J connectivity index is 1.52. The maximum Gasteiger partial charge on any atom is 0.138 e. The van der Waals surface area contributed by atoms with Crippen molar-refractivity contribution in [3.63, 3.8) is 0 Å². The monoisotopic (exact) mass is 456 g/mol. The number of fused-ring (bicyclic) bond motifs is 5. The lowest BCUT2D eigenvalue weighted by Crippen LogP contribution is -2.65. The molecule has 8 atom stereocenters. The van der Waals surface area contributed by atoms with Crippen LogP contribution >= 0.6 is 0 Å². The van der Waals surface area contributed by atoms with E-state index in [2.05, 4.69) is 55.4 Å². The fourth-order valence-electron chi connectivity index (χ4n) is 10.8. The molecule has 4 aliphatic carbocycles. The fraction of sp³-hybridized carbons (Fsp3) is 0.933. The van der Waals surface area contributed by atoms with Crippen LogP contribution in [0.15, 0.2) is 0 Å². The molecule has 0 radical (unpaired) electrons. The molecule has 1 aliphatic heterocycles. The number of ketones is 2. The zero-order chi connectivity index (χ0) is 24.2. The Morgan fingerprint density at radius 1 is 0.758 bits per heavy atom. The fourth-order valence-corrected chi connectivity index (χ4v) is 10.8. The van der Waals surface area contributed by atoms with Gasteiger partial charge in [-0.25, -0.2) is 0 Å². The predicted molar refractivity (Wildman–Crippen MR) is 132 cm³/mol. The topological polar surface area (TPSA) is 43.4 Å². The van der Waals surface area contributed by atoms with Crippen LogP contribution in [0.25, 0.3) is 0 Å². The van der Waals surface area contributed by atoms with Crippen molar-refractivity contribution in [3.05, 3.63) is 0 Å². The minimum Gasteiger partial charge on any atom is -0.369 e. The maximum absolute atomic E-state index is 14.2. The van der Waals surface area contributed by atoms with E-state index in [0.29, 0.717) is 42.2 Å². The van der Waals surface area contributed by atoms with E-state index < -0.39 is 0 Å². The van der Waals surface area contributed by atoms with Crippen LogP contribution < -0.4 is 0 Å². The summed E-state index contributed by atoms with van der Waals surface area (Å²) in [5.41, 5.74) is -0.277. The molecule has 0 aromatic heterocycles. The number of ether oxygens (including phenoxy) is 1. The molecule has 33 heavy (non-hydrogen) atoms. The first-order valence-corrected chi connectivity index (χ1v) is 13.9. The molecule has 4 saturated carbocycles. The smallest absolute Gasteiger partial charge is 0.138 e. The molecule has 0 bridgehead atoms. The summed E-state index contributed by atoms with van der Waals surface area (Å²) in [6.07, 6.45) is 10.3. The van der Waals surface area contributed by atoms with Gasteiger partial charge in [-0.15, -0.1) is 0 Å². The van der Waals surface area contributed by atoms with E-state index in [1.165, 1.54) is 6.42 Å². The quantitative estimate of drug-likeness (QED) is 0.420. The molecule has 3 nitrogen and oxygen atoms in total. The number of hydrogen-bond donors (Lipinski definition) is 0. The number of carbonyl (C=O) groups excluding carboxylic acids is 2. The van der Waals surface area contributed by atoms with Crippen LogP contribution in [0, 0.1) is 45.3 Å². The molecule has 5 aliphatic rings. The molecular formula is C30H48O3. The molecular weight excluding hydrogens is 408 g/mol. The van der Waals surface area contributed by atoms with Gasteiger partial charge in [0.1, 0.15) is 11.6 Å². The van der Waals surface area contributed by atoms with Gasteiger partial charge in [0.15, 0.2) is 0 Å². The molecule has 1 heterocycles. The van der Waals surface area contributed by atoms with E-state index in [0.717, 1.165) is 44.9 Å². The minimum atomic E-state index is -0.262. The second-order valence-electron chi connectivity index (χ2n) is 15.0. The Bertz CT molecular complexity index is 872. The van der Waals surface area contributed by atoms with Crippen LogP contribution in [-0.4, -0.2) is 22.8 Å². The second kappa shape index (κ2) is 6.95. The van der Waals surface area contributed by atoms with Crippen molar-refractivity contribution in [1.29, 1.82) is 0 Å². The first-order valence-electron chi connectivity index (χ1n) is 13.9. The summed E-state index contributed by atoms with van der Waals surface area (Å²) in [5.74, 6) is 2.19. The van der Waals surface area contributed by atoms with Gasteiger partial charge in [0.2, 0.25) is 0 Å². The maximum atomic E-state index is 14.2.